The lowest BCUT2D eigenvalue weighted by atomic mass is 10.2. The minimum absolute atomic E-state index is 0.176. The van der Waals surface area contributed by atoms with Crippen LogP contribution in [0.25, 0.3) is 0 Å². The Morgan fingerprint density at radius 2 is 2.04 bits per heavy atom. The maximum Gasteiger partial charge on any atom is 0.232 e. The maximum atomic E-state index is 13.9. The standard InChI is InChI=1S/C16H17F2N3O3S/c1-25(23,24)21(15-5-4-13(17)9-14(15)18)8-6-16(22)20-11-12-3-2-7-19-10-12/h2-5,7,9-10H,6,8,11H2,1H3,(H,20,22). The molecule has 0 aliphatic carbocycles. The molecule has 1 aromatic heterocycles. The van der Waals surface area contributed by atoms with Crippen molar-refractivity contribution in [1.29, 1.82) is 0 Å². The van der Waals surface area contributed by atoms with Crippen molar-refractivity contribution in [3.8, 4) is 0 Å². The fourth-order valence-electron chi connectivity index (χ4n) is 2.14. The van der Waals surface area contributed by atoms with E-state index in [2.05, 4.69) is 10.3 Å². The highest BCUT2D eigenvalue weighted by Crippen LogP contribution is 2.22. The number of carbonyl (C=O) groups is 1. The van der Waals surface area contributed by atoms with Gasteiger partial charge in [0.1, 0.15) is 11.6 Å². The Morgan fingerprint density at radius 1 is 1.28 bits per heavy atom. The van der Waals surface area contributed by atoms with Crippen molar-refractivity contribution >= 4 is 21.6 Å². The molecule has 1 heterocycles. The first-order valence-electron chi connectivity index (χ1n) is 7.36. The Morgan fingerprint density at radius 3 is 2.64 bits per heavy atom. The molecule has 0 aliphatic heterocycles. The number of rotatable bonds is 7. The molecule has 0 fully saturated rings. The lowest BCUT2D eigenvalue weighted by Crippen LogP contribution is -2.35. The molecule has 25 heavy (non-hydrogen) atoms. The van der Waals surface area contributed by atoms with Crippen LogP contribution in [0.15, 0.2) is 42.7 Å². The third-order valence-corrected chi connectivity index (χ3v) is 4.51. The summed E-state index contributed by atoms with van der Waals surface area (Å²) in [5.41, 5.74) is 0.490. The van der Waals surface area contributed by atoms with Crippen molar-refractivity contribution in [1.82, 2.24) is 10.3 Å². The van der Waals surface area contributed by atoms with Crippen LogP contribution in [0.3, 0.4) is 0 Å². The van der Waals surface area contributed by atoms with E-state index in [4.69, 9.17) is 0 Å². The third-order valence-electron chi connectivity index (χ3n) is 3.33. The van der Waals surface area contributed by atoms with Crippen LogP contribution in [-0.4, -0.2) is 32.1 Å². The number of halogens is 2. The zero-order valence-corrected chi connectivity index (χ0v) is 14.3. The van der Waals surface area contributed by atoms with E-state index in [9.17, 15) is 22.0 Å². The van der Waals surface area contributed by atoms with Crippen LogP contribution in [-0.2, 0) is 21.4 Å². The number of hydrogen-bond acceptors (Lipinski definition) is 4. The maximum absolute atomic E-state index is 13.9. The van der Waals surface area contributed by atoms with Crippen LogP contribution in [0.5, 0.6) is 0 Å². The largest absolute Gasteiger partial charge is 0.352 e. The highest BCUT2D eigenvalue weighted by molar-refractivity contribution is 7.92. The first-order chi connectivity index (χ1) is 11.8. The van der Waals surface area contributed by atoms with E-state index >= 15 is 0 Å². The van der Waals surface area contributed by atoms with Gasteiger partial charge in [0, 0.05) is 38.0 Å². The van der Waals surface area contributed by atoms with Gasteiger partial charge in [-0.2, -0.15) is 0 Å². The number of benzene rings is 1. The average molecular weight is 369 g/mol. The minimum atomic E-state index is -3.84. The number of nitrogens with one attached hydrogen (secondary N) is 1. The summed E-state index contributed by atoms with van der Waals surface area (Å²) >= 11 is 0. The molecule has 1 amide bonds. The number of anilines is 1. The number of nitrogens with zero attached hydrogens (tertiary/aromatic N) is 2. The van der Waals surface area contributed by atoms with Crippen LogP contribution in [0.2, 0.25) is 0 Å². The summed E-state index contributed by atoms with van der Waals surface area (Å²) in [6.07, 6.45) is 3.91. The van der Waals surface area contributed by atoms with E-state index in [1.807, 2.05) is 0 Å². The van der Waals surface area contributed by atoms with Crippen molar-refractivity contribution < 1.29 is 22.0 Å². The van der Waals surface area contributed by atoms with Gasteiger partial charge < -0.3 is 5.32 Å². The number of carbonyl (C=O) groups excluding carboxylic acids is 1. The van der Waals surface area contributed by atoms with E-state index < -0.39 is 27.6 Å². The molecule has 0 unspecified atom stereocenters. The second kappa shape index (κ2) is 8.02. The predicted molar refractivity (Wildman–Crippen MR) is 89.2 cm³/mol. The average Bonchev–Trinajstić information content (AvgIpc) is 2.54. The quantitative estimate of drug-likeness (QED) is 0.808. The lowest BCUT2D eigenvalue weighted by Gasteiger charge is -2.22. The van der Waals surface area contributed by atoms with E-state index in [1.165, 1.54) is 0 Å². The van der Waals surface area contributed by atoms with Gasteiger partial charge in [-0.15, -0.1) is 0 Å². The molecule has 2 aromatic rings. The summed E-state index contributed by atoms with van der Waals surface area (Å²) in [7, 11) is -3.84. The Hall–Kier alpha value is -2.55. The van der Waals surface area contributed by atoms with Gasteiger partial charge in [0.05, 0.1) is 11.9 Å². The molecular formula is C16H17F2N3O3S. The first kappa shape index (κ1) is 18.8. The molecule has 6 nitrogen and oxygen atoms in total. The summed E-state index contributed by atoms with van der Waals surface area (Å²) in [6.45, 7) is -0.0171. The van der Waals surface area contributed by atoms with Gasteiger partial charge in [0.25, 0.3) is 0 Å². The molecule has 0 atom stereocenters. The van der Waals surface area contributed by atoms with Gasteiger partial charge in [-0.3, -0.25) is 14.1 Å². The normalized spacial score (nSPS) is 11.2. The summed E-state index contributed by atoms with van der Waals surface area (Å²) in [5.74, 6) is -2.23. The van der Waals surface area contributed by atoms with Gasteiger partial charge in [-0.1, -0.05) is 6.07 Å². The lowest BCUT2D eigenvalue weighted by molar-refractivity contribution is -0.121. The number of aromatic nitrogens is 1. The monoisotopic (exact) mass is 369 g/mol. The van der Waals surface area contributed by atoms with Crippen molar-refractivity contribution in [3.63, 3.8) is 0 Å². The van der Waals surface area contributed by atoms with Crippen molar-refractivity contribution in [2.24, 2.45) is 0 Å². The van der Waals surface area contributed by atoms with Crippen LogP contribution in [0.4, 0.5) is 14.5 Å². The molecule has 0 saturated carbocycles. The smallest absolute Gasteiger partial charge is 0.232 e. The van der Waals surface area contributed by atoms with Crippen LogP contribution < -0.4 is 9.62 Å². The van der Waals surface area contributed by atoms with Crippen molar-refractivity contribution in [2.75, 3.05) is 17.1 Å². The van der Waals surface area contributed by atoms with E-state index in [1.54, 1.807) is 24.5 Å². The number of hydrogen-bond donors (Lipinski definition) is 1. The summed E-state index contributed by atoms with van der Waals surface area (Å²) in [6, 6.07) is 6.09. The van der Waals surface area contributed by atoms with Crippen LogP contribution in [0.1, 0.15) is 12.0 Å². The molecule has 9 heteroatoms. The fraction of sp³-hybridized carbons (Fsp3) is 0.250. The fourth-order valence-corrected chi connectivity index (χ4v) is 3.07. The second-order valence-electron chi connectivity index (χ2n) is 5.32. The third kappa shape index (κ3) is 5.49. The van der Waals surface area contributed by atoms with E-state index in [-0.39, 0.29) is 25.2 Å². The second-order valence-corrected chi connectivity index (χ2v) is 7.23. The van der Waals surface area contributed by atoms with Crippen molar-refractivity contribution in [2.45, 2.75) is 13.0 Å². The van der Waals surface area contributed by atoms with Crippen LogP contribution >= 0.6 is 0 Å². The highest BCUT2D eigenvalue weighted by atomic mass is 32.2. The molecule has 0 radical (unpaired) electrons. The molecule has 0 bridgehead atoms. The number of pyridine rings is 1. The van der Waals surface area contributed by atoms with Crippen LogP contribution in [0, 0.1) is 11.6 Å². The molecule has 0 spiro atoms. The molecule has 1 aromatic carbocycles. The Kier molecular flexibility index (Phi) is 6.02. The molecular weight excluding hydrogens is 352 g/mol. The van der Waals surface area contributed by atoms with E-state index in [0.29, 0.717) is 6.07 Å². The Bertz CT molecular complexity index is 845. The van der Waals surface area contributed by atoms with E-state index in [0.717, 1.165) is 28.3 Å². The highest BCUT2D eigenvalue weighted by Gasteiger charge is 2.22. The predicted octanol–water partition coefficient (Wildman–Crippen LogP) is 1.83. The molecule has 134 valence electrons. The first-order valence-corrected chi connectivity index (χ1v) is 9.20. The zero-order chi connectivity index (χ0) is 18.4. The van der Waals surface area contributed by atoms with Gasteiger partial charge in [0.15, 0.2) is 0 Å². The summed E-state index contributed by atoms with van der Waals surface area (Å²) in [4.78, 5) is 15.8. The topological polar surface area (TPSA) is 79.4 Å². The van der Waals surface area contributed by atoms with Gasteiger partial charge in [-0.05, 0) is 23.8 Å². The summed E-state index contributed by atoms with van der Waals surface area (Å²) < 4.78 is 51.4. The number of sulfonamides is 1. The minimum Gasteiger partial charge on any atom is -0.352 e. The number of amides is 1. The SMILES string of the molecule is CS(=O)(=O)N(CCC(=O)NCc1cccnc1)c1ccc(F)cc1F. The molecule has 0 saturated heterocycles. The summed E-state index contributed by atoms with van der Waals surface area (Å²) in [5, 5.41) is 2.63. The molecule has 0 aliphatic rings. The van der Waals surface area contributed by atoms with Gasteiger partial charge in [-0.25, -0.2) is 17.2 Å². The molecule has 2 rings (SSSR count). The van der Waals surface area contributed by atoms with Crippen molar-refractivity contribution in [3.05, 3.63) is 59.9 Å². The van der Waals surface area contributed by atoms with Gasteiger partial charge in [0.2, 0.25) is 15.9 Å². The zero-order valence-electron chi connectivity index (χ0n) is 13.4. The molecule has 1 N–H and O–H groups in total. The van der Waals surface area contributed by atoms with Gasteiger partial charge >= 0.3 is 0 Å². The Labute approximate surface area is 144 Å². The Balaban J connectivity index is 2.02.